The van der Waals surface area contributed by atoms with Crippen LogP contribution in [0.15, 0.2) is 66.7 Å². The summed E-state index contributed by atoms with van der Waals surface area (Å²) in [5.74, 6) is -0.0444. The number of aryl methyl sites for hydroxylation is 1. The fourth-order valence-corrected chi connectivity index (χ4v) is 6.38. The zero-order chi connectivity index (χ0) is 23.2. The normalized spacial score (nSPS) is 25.1. The van der Waals surface area contributed by atoms with E-state index < -0.39 is 17.6 Å². The van der Waals surface area contributed by atoms with Crippen LogP contribution in [0.2, 0.25) is 0 Å². The Morgan fingerprint density at radius 1 is 0.971 bits per heavy atom. The smallest absolute Gasteiger partial charge is 0.0922 e. The number of rotatable bonds is 10. The van der Waals surface area contributed by atoms with Crippen LogP contribution in [0.1, 0.15) is 33.4 Å². The van der Waals surface area contributed by atoms with Gasteiger partial charge in [-0.2, -0.15) is 30.3 Å². The monoisotopic (exact) mass is 592 g/mol. The number of aliphatic hydroxyl groups excluding tert-OH is 2. The van der Waals surface area contributed by atoms with E-state index in [1.807, 2.05) is 60.7 Å². The summed E-state index contributed by atoms with van der Waals surface area (Å²) in [5, 5.41) is 20.5. The van der Waals surface area contributed by atoms with E-state index in [9.17, 15) is 10.2 Å². The maximum absolute atomic E-state index is 10.7. The first-order valence-electron chi connectivity index (χ1n) is 11.3. The zero-order valence-electron chi connectivity index (χ0n) is 18.9. The van der Waals surface area contributed by atoms with Gasteiger partial charge in [0, 0.05) is 61.4 Å². The molecule has 1 aliphatic carbocycles. The summed E-state index contributed by atoms with van der Waals surface area (Å²) in [7, 11) is 0. The second-order valence-electron chi connectivity index (χ2n) is 8.68. The molecule has 0 spiro atoms. The Bertz CT molecular complexity index is 988. The fraction of sp³-hybridized carbons (Fsp3) is 0.407. The van der Waals surface area contributed by atoms with Crippen molar-refractivity contribution < 1.29 is 47.7 Å². The van der Waals surface area contributed by atoms with Crippen molar-refractivity contribution in [3.05, 3.63) is 93.7 Å². The molecule has 0 saturated heterocycles. The predicted molar refractivity (Wildman–Crippen MR) is 135 cm³/mol. The molecule has 0 aliphatic heterocycles. The number of halogens is 2. The minimum absolute atomic E-state index is 0. The van der Waals surface area contributed by atoms with Gasteiger partial charge in [0.15, 0.2) is 0 Å². The molecular weight excluding hydrogens is 564 g/mol. The van der Waals surface area contributed by atoms with Crippen LogP contribution < -0.4 is 0 Å². The third kappa shape index (κ3) is 7.36. The van der Waals surface area contributed by atoms with Gasteiger partial charge in [0.05, 0.1) is 29.6 Å². The van der Waals surface area contributed by atoms with Gasteiger partial charge < -0.3 is 14.9 Å². The van der Waals surface area contributed by atoms with Gasteiger partial charge in [-0.3, -0.25) is 0 Å². The van der Waals surface area contributed by atoms with E-state index in [0.29, 0.717) is 19.6 Å². The van der Waals surface area contributed by atoms with E-state index in [0.717, 1.165) is 28.8 Å². The third-order valence-electron chi connectivity index (χ3n) is 6.39. The molecule has 0 amide bonds. The van der Waals surface area contributed by atoms with Crippen molar-refractivity contribution in [3.63, 3.8) is 0 Å². The van der Waals surface area contributed by atoms with Crippen LogP contribution in [-0.4, -0.2) is 33.7 Å². The second-order valence-corrected chi connectivity index (χ2v) is 10.9. The minimum Gasteiger partial charge on any atom is -0.391 e. The van der Waals surface area contributed by atoms with Crippen LogP contribution >= 0.6 is 34.5 Å². The third-order valence-corrected chi connectivity index (χ3v) is 8.89. The first-order valence-corrected chi connectivity index (χ1v) is 13.0. The van der Waals surface area contributed by atoms with Crippen LogP contribution in [0.3, 0.4) is 0 Å². The molecule has 1 radical (unpaired) electrons. The van der Waals surface area contributed by atoms with Gasteiger partial charge in [0.1, 0.15) is 0 Å². The largest absolute Gasteiger partial charge is 0.391 e. The Balaban J connectivity index is 0.00000324. The average Bonchev–Trinajstić information content (AvgIpc) is 3.39. The average molecular weight is 593 g/mol. The van der Waals surface area contributed by atoms with Crippen molar-refractivity contribution in [3.8, 4) is 0 Å². The van der Waals surface area contributed by atoms with Crippen LogP contribution in [0.4, 0.5) is 0 Å². The molecule has 1 fully saturated rings. The zero-order valence-corrected chi connectivity index (χ0v) is 24.1. The van der Waals surface area contributed by atoms with E-state index >= 15 is 0 Å². The Labute approximate surface area is 241 Å². The molecule has 1 heterocycles. The summed E-state index contributed by atoms with van der Waals surface area (Å²) in [6, 6.07) is 24.8. The molecular formula is C27H29Cl2O3SY-. The Kier molecular flexibility index (Phi) is 11.5. The van der Waals surface area contributed by atoms with Crippen molar-refractivity contribution >= 4 is 34.5 Å². The van der Waals surface area contributed by atoms with Crippen molar-refractivity contribution in [2.75, 3.05) is 6.61 Å². The molecule has 6 atom stereocenters. The van der Waals surface area contributed by atoms with Crippen LogP contribution in [0.25, 0.3) is 0 Å². The van der Waals surface area contributed by atoms with E-state index in [1.54, 1.807) is 11.3 Å². The number of thiophene rings is 1. The molecule has 4 unspecified atom stereocenters. The maximum atomic E-state index is 10.7. The molecule has 1 aliphatic rings. The van der Waals surface area contributed by atoms with Crippen molar-refractivity contribution in [1.82, 2.24) is 0 Å². The molecule has 2 N–H and O–H groups in total. The number of benzene rings is 2. The number of hydrogen-bond donors (Lipinski definition) is 2. The summed E-state index contributed by atoms with van der Waals surface area (Å²) in [6.07, 6.45) is 1.05. The number of aliphatic hydroxyl groups is 2. The number of hydrogen-bond acceptors (Lipinski definition) is 4. The molecule has 3 nitrogen and oxygen atoms in total. The van der Waals surface area contributed by atoms with Gasteiger partial charge in [0.2, 0.25) is 0 Å². The van der Waals surface area contributed by atoms with E-state index in [1.165, 1.54) is 4.88 Å². The topological polar surface area (TPSA) is 49.7 Å². The van der Waals surface area contributed by atoms with Crippen molar-refractivity contribution in [1.29, 1.82) is 0 Å². The van der Waals surface area contributed by atoms with E-state index in [-0.39, 0.29) is 49.9 Å². The molecule has 7 heteroatoms. The number of alkyl halides is 2. The Hall–Kier alpha value is -0.296. The quantitative estimate of drug-likeness (QED) is 0.231. The molecule has 34 heavy (non-hydrogen) atoms. The number of ether oxygens (including phenoxy) is 1. The van der Waals surface area contributed by atoms with Gasteiger partial charge >= 0.3 is 0 Å². The first kappa shape index (κ1) is 28.3. The summed E-state index contributed by atoms with van der Waals surface area (Å²) in [5.41, 5.74) is 2.17. The van der Waals surface area contributed by atoms with Gasteiger partial charge in [0.25, 0.3) is 0 Å². The molecule has 1 aromatic heterocycles. The van der Waals surface area contributed by atoms with Gasteiger partial charge in [-0.25, -0.2) is 0 Å². The second kappa shape index (κ2) is 13.9. The summed E-state index contributed by atoms with van der Waals surface area (Å²) < 4.78 is 5.92. The maximum Gasteiger partial charge on any atom is 0.0922 e. The molecule has 4 rings (SSSR count). The predicted octanol–water partition coefficient (Wildman–Crippen LogP) is 5.79. The minimum atomic E-state index is -0.687. The van der Waals surface area contributed by atoms with Crippen LogP contribution in [0, 0.1) is 17.9 Å². The SMILES string of the molecule is OC(Cc1ccccc1)c1ccc(CC[C@H]2C(Cl)C(Cl)C(O)[C@@H]2COCc2c[c-]ccc2)s1.[Y]. The van der Waals surface area contributed by atoms with Gasteiger partial charge in [-0.1, -0.05) is 30.3 Å². The molecule has 179 valence electrons. The Morgan fingerprint density at radius 3 is 2.47 bits per heavy atom. The van der Waals surface area contributed by atoms with E-state index in [4.69, 9.17) is 27.9 Å². The molecule has 1 saturated carbocycles. The molecule has 3 aromatic rings. The van der Waals surface area contributed by atoms with Crippen LogP contribution in [0.5, 0.6) is 0 Å². The molecule has 2 aromatic carbocycles. The molecule has 0 bridgehead atoms. The Morgan fingerprint density at radius 2 is 1.74 bits per heavy atom. The standard InChI is InChI=1S/C27H29Cl2O3S.Y/c28-25-21(22(27(31)26(25)29)17-32-16-19-9-5-2-6-10-19)13-11-20-12-14-24(33-20)23(30)15-18-7-3-1-4-8-18;/h1-5,7-10,12,14,21-23,25-27,30-31H,11,13,15-17H2;/q-1;/t21-,22-,23?,25?,26?,27?;/m1./s1. The van der Waals surface area contributed by atoms with Crippen LogP contribution in [-0.2, 0) is 56.9 Å². The summed E-state index contributed by atoms with van der Waals surface area (Å²) in [4.78, 5) is 2.17. The fourth-order valence-electron chi connectivity index (χ4n) is 4.53. The van der Waals surface area contributed by atoms with E-state index in [2.05, 4.69) is 12.1 Å². The van der Waals surface area contributed by atoms with Crippen molar-refractivity contribution in [2.24, 2.45) is 11.8 Å². The first-order chi connectivity index (χ1) is 16.0. The summed E-state index contributed by atoms with van der Waals surface area (Å²) >= 11 is 14.7. The van der Waals surface area contributed by atoms with Gasteiger partial charge in [-0.05, 0) is 36.5 Å². The van der Waals surface area contributed by atoms with Crippen molar-refractivity contribution in [2.45, 2.75) is 48.8 Å². The summed E-state index contributed by atoms with van der Waals surface area (Å²) in [6.45, 7) is 0.888. The van der Waals surface area contributed by atoms with Gasteiger partial charge in [-0.15, -0.1) is 40.1 Å².